The van der Waals surface area contributed by atoms with Crippen LogP contribution in [-0.4, -0.2) is 76.9 Å². The second-order valence-electron chi connectivity index (χ2n) is 13.7. The lowest BCUT2D eigenvalue weighted by Gasteiger charge is -2.42. The van der Waals surface area contributed by atoms with E-state index >= 15 is 0 Å². The predicted molar refractivity (Wildman–Crippen MR) is 177 cm³/mol. The molecule has 5 atom stereocenters. The highest BCUT2D eigenvalue weighted by atomic mass is 17.1. The highest BCUT2D eigenvalue weighted by molar-refractivity contribution is 5.81. The van der Waals surface area contributed by atoms with Gasteiger partial charge in [-0.2, -0.15) is 0 Å². The van der Waals surface area contributed by atoms with Crippen molar-refractivity contribution in [1.29, 1.82) is 0 Å². The first kappa shape index (κ1) is 44.4. The van der Waals surface area contributed by atoms with E-state index < -0.39 is 0 Å². The van der Waals surface area contributed by atoms with E-state index in [0.29, 0.717) is 13.0 Å². The molecule has 0 radical (unpaired) electrons. The summed E-state index contributed by atoms with van der Waals surface area (Å²) in [6.45, 7) is 9.13. The number of aliphatic hydroxyl groups is 1. The van der Waals surface area contributed by atoms with Crippen molar-refractivity contribution < 1.29 is 55.5 Å². The van der Waals surface area contributed by atoms with Gasteiger partial charge in [-0.25, -0.2) is 9.68 Å². The Kier molecular flexibility index (Phi) is 23.7. The van der Waals surface area contributed by atoms with E-state index in [1.54, 1.807) is 0 Å². The zero-order valence-electron chi connectivity index (χ0n) is 28.5. The molecule has 0 aliphatic heterocycles. The molecule has 0 aromatic heterocycles. The number of carbonyl (C=O) groups excluding carboxylic acids is 2. The maximum atomic E-state index is 13.1. The summed E-state index contributed by atoms with van der Waals surface area (Å²) in [5, 5.41) is 20.2. The monoisotopic (exact) mass is 662 g/mol. The van der Waals surface area contributed by atoms with Gasteiger partial charge in [0.2, 0.25) is 0 Å². The van der Waals surface area contributed by atoms with E-state index in [2.05, 4.69) is 20.4 Å². The van der Waals surface area contributed by atoms with E-state index in [0.717, 1.165) is 108 Å². The average molecular weight is 663 g/mol. The minimum atomic E-state index is -0.368. The molecular formula is C35H66O11. The molecule has 0 spiro atoms. The van der Waals surface area contributed by atoms with Crippen molar-refractivity contribution >= 4 is 11.9 Å². The minimum Gasteiger partial charge on any atom is -0.463 e. The molecule has 8 N–H and O–H groups in total. The summed E-state index contributed by atoms with van der Waals surface area (Å²) in [6, 6.07) is 0. The summed E-state index contributed by atoms with van der Waals surface area (Å²) in [5.41, 5.74) is 0. The molecule has 3 fully saturated rings. The molecule has 3 aliphatic carbocycles. The number of carbonyl (C=O) groups is 2. The number of esters is 2. The highest BCUT2D eigenvalue weighted by Gasteiger charge is 2.43. The molecule has 272 valence electrons. The molecule has 5 unspecified atom stereocenters. The van der Waals surface area contributed by atoms with Crippen molar-refractivity contribution in [2.45, 2.75) is 141 Å². The van der Waals surface area contributed by atoms with Crippen LogP contribution in [0.25, 0.3) is 0 Å². The fourth-order valence-electron chi connectivity index (χ4n) is 7.76. The Bertz CT molecular complexity index is 808. The first-order valence-electron chi connectivity index (χ1n) is 17.4. The Morgan fingerprint density at radius 3 is 2.09 bits per heavy atom. The van der Waals surface area contributed by atoms with Gasteiger partial charge in [-0.3, -0.25) is 10.1 Å². The van der Waals surface area contributed by atoms with Crippen LogP contribution in [0.5, 0.6) is 0 Å². The summed E-state index contributed by atoms with van der Waals surface area (Å²) in [4.78, 5) is 29.3. The van der Waals surface area contributed by atoms with Crippen LogP contribution in [-0.2, 0) is 28.7 Å². The normalized spacial score (nSPS) is 29.1. The maximum Gasteiger partial charge on any atom is 0.330 e. The number of aliphatic hydroxyl groups excluding tert-OH is 1. The van der Waals surface area contributed by atoms with Gasteiger partial charge in [-0.05, 0) is 126 Å². The number of hydrogen-bond donors (Lipinski definition) is 2. The van der Waals surface area contributed by atoms with Gasteiger partial charge in [0.1, 0.15) is 6.10 Å². The number of rotatable bonds is 18. The first-order valence-corrected chi connectivity index (χ1v) is 17.4. The van der Waals surface area contributed by atoms with Crippen molar-refractivity contribution in [3.05, 3.63) is 12.7 Å². The lowest BCUT2D eigenvalue weighted by atomic mass is 9.67. The van der Waals surface area contributed by atoms with Crippen LogP contribution >= 0.6 is 0 Å². The largest absolute Gasteiger partial charge is 0.463 e. The Morgan fingerprint density at radius 2 is 1.50 bits per heavy atom. The lowest BCUT2D eigenvalue weighted by Crippen LogP contribution is -2.43. The minimum absolute atomic E-state index is 0. The molecule has 0 heterocycles. The van der Waals surface area contributed by atoms with Gasteiger partial charge in [0, 0.05) is 19.3 Å². The standard InChI is InChI=1S/C35H60O8.3H2O/c1-4-25(3)22-26-10-15-31(16-11-26)42-35(38)28-14-19-32(29(23-28)24-36)34(43-39)27-12-17-30(18-13-27)40-20-8-6-7-9-21-41-33(37)5-2;;;/h5,25-32,34,36,39H,2,4,6-24H2,1,3H3;3*1H2. The van der Waals surface area contributed by atoms with E-state index in [-0.39, 0.29) is 77.0 Å². The van der Waals surface area contributed by atoms with Gasteiger partial charge < -0.3 is 35.7 Å². The average Bonchev–Trinajstić information content (AvgIpc) is 3.04. The zero-order valence-corrected chi connectivity index (χ0v) is 28.5. The second-order valence-corrected chi connectivity index (χ2v) is 13.7. The van der Waals surface area contributed by atoms with Crippen LogP contribution < -0.4 is 0 Å². The van der Waals surface area contributed by atoms with Crippen molar-refractivity contribution in [2.75, 3.05) is 19.8 Å². The summed E-state index contributed by atoms with van der Waals surface area (Å²) < 4.78 is 17.1. The van der Waals surface area contributed by atoms with Gasteiger partial charge in [-0.15, -0.1) is 0 Å². The molecule has 3 rings (SSSR count). The molecule has 0 bridgehead atoms. The van der Waals surface area contributed by atoms with E-state index in [1.165, 1.54) is 18.9 Å². The smallest absolute Gasteiger partial charge is 0.330 e. The van der Waals surface area contributed by atoms with Crippen molar-refractivity contribution in [2.24, 2.45) is 35.5 Å². The van der Waals surface area contributed by atoms with Gasteiger partial charge in [0.15, 0.2) is 0 Å². The van der Waals surface area contributed by atoms with Crippen LogP contribution in [0, 0.1) is 35.5 Å². The fraction of sp³-hybridized carbons (Fsp3) is 0.886. The fourth-order valence-corrected chi connectivity index (χ4v) is 7.76. The Labute approximate surface area is 276 Å². The molecule has 0 saturated heterocycles. The van der Waals surface area contributed by atoms with Crippen LogP contribution in [0.15, 0.2) is 12.7 Å². The number of ether oxygens (including phenoxy) is 3. The quantitative estimate of drug-likeness (QED) is 0.0684. The summed E-state index contributed by atoms with van der Waals surface area (Å²) in [6.07, 6.45) is 17.5. The van der Waals surface area contributed by atoms with Gasteiger partial charge in [-0.1, -0.05) is 33.3 Å². The van der Waals surface area contributed by atoms with Crippen LogP contribution in [0.4, 0.5) is 0 Å². The van der Waals surface area contributed by atoms with Crippen LogP contribution in [0.3, 0.4) is 0 Å². The SMILES string of the molecule is C=CC(=O)OCCCCCCOC1CCC(C(OO)C2CCC(C(=O)OC3CCC(CC(C)CC)CC3)CC2CO)CC1.O.O.O. The second kappa shape index (κ2) is 24.5. The van der Waals surface area contributed by atoms with Crippen LogP contribution in [0.1, 0.15) is 123 Å². The molecule has 11 heteroatoms. The molecule has 0 amide bonds. The third-order valence-corrected chi connectivity index (χ3v) is 10.6. The topological polar surface area (TPSA) is 206 Å². The molecule has 0 aromatic rings. The lowest BCUT2D eigenvalue weighted by molar-refractivity contribution is -0.311. The predicted octanol–water partition coefficient (Wildman–Crippen LogP) is 4.80. The molecular weight excluding hydrogens is 596 g/mol. The molecule has 3 saturated carbocycles. The molecule has 0 aromatic carbocycles. The third kappa shape index (κ3) is 14.7. The maximum absolute atomic E-state index is 13.1. The van der Waals surface area contributed by atoms with Crippen molar-refractivity contribution in [3.8, 4) is 0 Å². The van der Waals surface area contributed by atoms with E-state index in [1.807, 2.05) is 0 Å². The molecule has 3 aliphatic rings. The first-order chi connectivity index (χ1) is 20.9. The van der Waals surface area contributed by atoms with Gasteiger partial charge in [0.25, 0.3) is 0 Å². The van der Waals surface area contributed by atoms with Gasteiger partial charge in [0.05, 0.1) is 24.7 Å². The van der Waals surface area contributed by atoms with Crippen LogP contribution in [0.2, 0.25) is 0 Å². The molecule has 46 heavy (non-hydrogen) atoms. The Hall–Kier alpha value is -1.60. The van der Waals surface area contributed by atoms with E-state index in [9.17, 15) is 20.0 Å². The zero-order chi connectivity index (χ0) is 31.0. The summed E-state index contributed by atoms with van der Waals surface area (Å²) >= 11 is 0. The third-order valence-electron chi connectivity index (χ3n) is 10.6. The summed E-state index contributed by atoms with van der Waals surface area (Å²) in [5.74, 6) is 1.04. The Morgan fingerprint density at radius 1 is 0.870 bits per heavy atom. The summed E-state index contributed by atoms with van der Waals surface area (Å²) in [7, 11) is 0. The number of unbranched alkanes of at least 4 members (excludes halogenated alkanes) is 3. The van der Waals surface area contributed by atoms with Crippen molar-refractivity contribution in [3.63, 3.8) is 0 Å². The molecule has 11 nitrogen and oxygen atoms in total. The highest BCUT2D eigenvalue weighted by Crippen LogP contribution is 2.43. The van der Waals surface area contributed by atoms with Crippen molar-refractivity contribution in [1.82, 2.24) is 0 Å². The number of hydrogen-bond acceptors (Lipinski definition) is 8. The van der Waals surface area contributed by atoms with E-state index in [4.69, 9.17) is 19.1 Å². The van der Waals surface area contributed by atoms with Gasteiger partial charge >= 0.3 is 11.9 Å². The Balaban J connectivity index is 0.00000675.